The summed E-state index contributed by atoms with van der Waals surface area (Å²) in [5, 5.41) is 29.2. The fourth-order valence-corrected chi connectivity index (χ4v) is 11.3. The van der Waals surface area contributed by atoms with Crippen LogP contribution in [0.25, 0.3) is 0 Å². The van der Waals surface area contributed by atoms with Crippen LogP contribution in [-0.2, 0) is 52.4 Å². The van der Waals surface area contributed by atoms with E-state index in [0.29, 0.717) is 44.1 Å². The van der Waals surface area contributed by atoms with E-state index >= 15 is 0 Å². The second-order valence-corrected chi connectivity index (χ2v) is 20.5. The van der Waals surface area contributed by atoms with Crippen molar-refractivity contribution in [3.8, 4) is 23.0 Å². The fraction of sp³-hybridized carbons (Fsp3) is 0.524. The van der Waals surface area contributed by atoms with Gasteiger partial charge in [-0.3, -0.25) is 8.37 Å². The van der Waals surface area contributed by atoms with Crippen molar-refractivity contribution in [2.45, 2.75) is 139 Å². The minimum atomic E-state index is -5.04. The Bertz CT molecular complexity index is 2050. The van der Waals surface area contributed by atoms with Crippen molar-refractivity contribution in [3.05, 3.63) is 96.1 Å². The Labute approximate surface area is 376 Å². The van der Waals surface area contributed by atoms with Crippen LogP contribution in [0, 0.1) is 0 Å². The molecule has 4 atom stereocenters. The first-order valence-corrected chi connectivity index (χ1v) is 26.7. The minimum absolute atomic E-state index is 0.0125. The molecule has 0 fully saturated rings. The van der Waals surface area contributed by atoms with Crippen LogP contribution >= 0.6 is 21.6 Å². The number of aromatic hydroxyl groups is 3. The van der Waals surface area contributed by atoms with E-state index in [1.807, 2.05) is 13.8 Å². The maximum absolute atomic E-state index is 11.8. The van der Waals surface area contributed by atoms with Gasteiger partial charge in [0.1, 0.15) is 23.0 Å². The second-order valence-electron chi connectivity index (χ2n) is 14.6. The van der Waals surface area contributed by atoms with Gasteiger partial charge in [-0.05, 0) is 113 Å². The van der Waals surface area contributed by atoms with Crippen LogP contribution in [0.5, 0.6) is 23.0 Å². The van der Waals surface area contributed by atoms with E-state index in [0.717, 1.165) is 50.2 Å². The Hall–Kier alpha value is -3.05. The minimum Gasteiger partial charge on any atom is -0.726 e. The third-order valence-corrected chi connectivity index (χ3v) is 14.0. The summed E-state index contributed by atoms with van der Waals surface area (Å²) < 4.78 is 118. The highest BCUT2D eigenvalue weighted by Crippen LogP contribution is 2.41. The van der Waals surface area contributed by atoms with Crippen molar-refractivity contribution in [2.24, 2.45) is 0 Å². The average Bonchev–Trinajstić information content (AvgIpc) is 3.13. The van der Waals surface area contributed by atoms with Gasteiger partial charge in [-0.15, -0.1) is 0 Å². The summed E-state index contributed by atoms with van der Waals surface area (Å²) in [7, 11) is -12.1. The molecule has 4 unspecified atom stereocenters. The highest BCUT2D eigenvalue weighted by atomic mass is 33.1. The van der Waals surface area contributed by atoms with Crippen molar-refractivity contribution >= 4 is 52.8 Å². The van der Waals surface area contributed by atoms with Gasteiger partial charge in [0.15, 0.2) is 0 Å². The lowest BCUT2D eigenvalue weighted by Gasteiger charge is -2.27. The molecular weight excluding hydrogens is 905 g/mol. The van der Waals surface area contributed by atoms with Crippen LogP contribution in [0.4, 0.5) is 0 Å². The second kappa shape index (κ2) is 29.4. The first kappa shape index (κ1) is 55.1. The van der Waals surface area contributed by atoms with E-state index in [2.05, 4.69) is 4.18 Å². The SMILES string of the molecule is C/C=C/C=C/CC(CC(CCCCCCc1cc(O)cc(O)c1)SSC(CCCCCCc1cc(O)cc(OS(=O)(=O)[O-])c1)CC(C/C=C/C=C/C)OS(=O)(=O)[O-])OS(=O)(=O)[O-]. The lowest BCUT2D eigenvalue weighted by atomic mass is 10.0. The number of phenols is 3. The first-order chi connectivity index (χ1) is 29.2. The molecule has 3 N–H and O–H groups in total. The van der Waals surface area contributed by atoms with Gasteiger partial charge >= 0.3 is 0 Å². The van der Waals surface area contributed by atoms with Crippen LogP contribution in [-0.4, -0.2) is 76.9 Å². The normalized spacial score (nSPS) is 14.9. The number of rotatable bonds is 33. The molecule has 0 aliphatic rings. The van der Waals surface area contributed by atoms with Gasteiger partial charge in [0.05, 0.1) is 12.2 Å². The molecule has 0 saturated carbocycles. The maximum atomic E-state index is 11.8. The molecule has 2 aromatic carbocycles. The Morgan fingerprint density at radius 3 is 1.35 bits per heavy atom. The third-order valence-electron chi connectivity index (χ3n) is 9.16. The van der Waals surface area contributed by atoms with Gasteiger partial charge in [0.2, 0.25) is 20.8 Å². The highest BCUT2D eigenvalue weighted by molar-refractivity contribution is 8.77. The molecule has 20 heteroatoms. The number of unbranched alkanes of at least 4 members (excludes halogenated alkanes) is 6. The maximum Gasteiger partial charge on any atom is 0.262 e. The van der Waals surface area contributed by atoms with Crippen LogP contribution < -0.4 is 4.18 Å². The largest absolute Gasteiger partial charge is 0.726 e. The standard InChI is InChI=1S/C42H62O15S5/c1-3-5-7-15-21-38(55-60(46,47)48)31-41(23-17-11-9-13-19-33-25-35(43)29-36(44)26-33)58-59-42(32-39(56-61(49,50)51)22-16-8-6-4-2)24-18-12-10-14-20-34-27-37(45)30-40(28-34)57-62(52,53)54/h3-8,15-16,25-30,38-39,41-45H,9-14,17-24,31-32H2,1-2H3,(H,46,47,48)(H,49,50,51)(H,52,53,54)/p-3/b5-3+,6-4+,15-7+,16-8+. The van der Waals surface area contributed by atoms with Gasteiger partial charge < -0.3 is 33.2 Å². The predicted molar refractivity (Wildman–Crippen MR) is 240 cm³/mol. The zero-order valence-corrected chi connectivity index (χ0v) is 39.1. The Balaban J connectivity index is 2.22. The molecule has 2 rings (SSSR count). The first-order valence-electron chi connectivity index (χ1n) is 20.4. The molecule has 62 heavy (non-hydrogen) atoms. The lowest BCUT2D eigenvalue weighted by Crippen LogP contribution is -2.23. The van der Waals surface area contributed by atoms with Crippen LogP contribution in [0.2, 0.25) is 0 Å². The highest BCUT2D eigenvalue weighted by Gasteiger charge is 2.24. The summed E-state index contributed by atoms with van der Waals surface area (Å²) >= 11 is 0. The quantitative estimate of drug-likeness (QED) is 0.0198. The van der Waals surface area contributed by atoms with E-state index in [9.17, 15) is 54.2 Å². The number of hydrogen-bond acceptors (Lipinski definition) is 17. The van der Waals surface area contributed by atoms with Crippen molar-refractivity contribution < 1.29 is 66.8 Å². The molecule has 0 aliphatic heterocycles. The third kappa shape index (κ3) is 28.6. The zero-order chi connectivity index (χ0) is 46.0. The van der Waals surface area contributed by atoms with Gasteiger partial charge in [-0.25, -0.2) is 25.3 Å². The lowest BCUT2D eigenvalue weighted by molar-refractivity contribution is 0.168. The van der Waals surface area contributed by atoms with Gasteiger partial charge in [0.25, 0.3) is 10.4 Å². The van der Waals surface area contributed by atoms with Crippen molar-refractivity contribution in [2.75, 3.05) is 0 Å². The zero-order valence-electron chi connectivity index (χ0n) is 35.0. The average molecular weight is 964 g/mol. The van der Waals surface area contributed by atoms with Gasteiger partial charge in [-0.1, -0.05) is 109 Å². The van der Waals surface area contributed by atoms with Crippen LogP contribution in [0.15, 0.2) is 85.0 Å². The molecule has 0 radical (unpaired) electrons. The molecule has 0 aromatic heterocycles. The number of aryl methyl sites for hydroxylation is 2. The van der Waals surface area contributed by atoms with Crippen molar-refractivity contribution in [1.82, 2.24) is 0 Å². The van der Waals surface area contributed by atoms with E-state index < -0.39 is 43.4 Å². The summed E-state index contributed by atoms with van der Waals surface area (Å²) in [5.41, 5.74) is 1.38. The number of allylic oxidation sites excluding steroid dienone is 6. The monoisotopic (exact) mass is 963 g/mol. The summed E-state index contributed by atoms with van der Waals surface area (Å²) in [4.78, 5) is 0. The molecule has 0 amide bonds. The summed E-state index contributed by atoms with van der Waals surface area (Å²) in [6.45, 7) is 3.65. The van der Waals surface area contributed by atoms with Gasteiger partial charge in [0, 0.05) is 22.6 Å². The number of benzene rings is 2. The van der Waals surface area contributed by atoms with Crippen LogP contribution in [0.1, 0.15) is 115 Å². The van der Waals surface area contributed by atoms with E-state index in [1.54, 1.807) is 60.7 Å². The molecule has 0 saturated heterocycles. The molecule has 0 aliphatic carbocycles. The molecule has 350 valence electrons. The summed E-state index contributed by atoms with van der Waals surface area (Å²) in [5.74, 6) is -0.561. The molecule has 0 heterocycles. The van der Waals surface area contributed by atoms with E-state index in [4.69, 9.17) is 8.37 Å². The van der Waals surface area contributed by atoms with E-state index in [1.165, 1.54) is 39.8 Å². The topological polar surface area (TPSA) is 260 Å². The van der Waals surface area contributed by atoms with Crippen molar-refractivity contribution in [3.63, 3.8) is 0 Å². The van der Waals surface area contributed by atoms with E-state index in [-0.39, 0.29) is 59.2 Å². The Morgan fingerprint density at radius 1 is 0.548 bits per heavy atom. The molecule has 15 nitrogen and oxygen atoms in total. The van der Waals surface area contributed by atoms with Gasteiger partial charge in [-0.2, -0.15) is 0 Å². The predicted octanol–water partition coefficient (Wildman–Crippen LogP) is 8.96. The Morgan fingerprint density at radius 2 is 0.952 bits per heavy atom. The molecule has 2 aromatic rings. The summed E-state index contributed by atoms with van der Waals surface area (Å²) in [6, 6.07) is 8.32. The Kier molecular flexibility index (Phi) is 26.1. The molecular formula is C42H59O15S5-3. The van der Waals surface area contributed by atoms with Crippen LogP contribution in [0.3, 0.4) is 0 Å². The smallest absolute Gasteiger partial charge is 0.262 e. The summed E-state index contributed by atoms with van der Waals surface area (Å²) in [6.07, 6.45) is 21.3. The number of phenolic OH excluding ortho intramolecular Hbond substituents is 3. The molecule has 0 spiro atoms. The number of hydrogen-bond donors (Lipinski definition) is 3. The van der Waals surface area contributed by atoms with Crippen molar-refractivity contribution in [1.29, 1.82) is 0 Å². The fourth-order valence-electron chi connectivity index (χ4n) is 6.54. The molecule has 0 bridgehead atoms.